The Morgan fingerprint density at radius 1 is 1.31 bits per heavy atom. The lowest BCUT2D eigenvalue weighted by molar-refractivity contribution is 0.483. The summed E-state index contributed by atoms with van der Waals surface area (Å²) in [6, 6.07) is 1.56. The Balaban J connectivity index is 2.44. The van der Waals surface area contributed by atoms with Gasteiger partial charge >= 0.3 is 0 Å². The molecule has 0 spiro atoms. The van der Waals surface area contributed by atoms with Crippen molar-refractivity contribution in [3.8, 4) is 5.82 Å². The minimum atomic E-state index is -0.227. The predicted molar refractivity (Wildman–Crippen MR) is 102 cm³/mol. The van der Waals surface area contributed by atoms with Crippen LogP contribution >= 0.6 is 11.8 Å². The predicted octanol–water partition coefficient (Wildman–Crippen LogP) is 1.94. The number of thioether (sulfide) groups is 1. The molecule has 0 saturated heterocycles. The molecule has 0 amide bonds. The van der Waals surface area contributed by atoms with Gasteiger partial charge in [0.15, 0.2) is 16.6 Å². The summed E-state index contributed by atoms with van der Waals surface area (Å²) in [4.78, 5) is 33.8. The molecule has 0 aliphatic rings. The van der Waals surface area contributed by atoms with Crippen molar-refractivity contribution in [1.29, 1.82) is 0 Å². The lowest BCUT2D eigenvalue weighted by atomic mass is 10.3. The second-order valence-corrected chi connectivity index (χ2v) is 6.88. The summed E-state index contributed by atoms with van der Waals surface area (Å²) in [7, 11) is 0. The number of aromatic nitrogens is 6. The SMILES string of the molecule is C=CCn1c(=O)c2cnc(SC)nc2n1-c1cc(C)c(=O)n(C(C)C)n1. The third-order valence-corrected chi connectivity index (χ3v) is 4.51. The van der Waals surface area contributed by atoms with Crippen molar-refractivity contribution in [1.82, 2.24) is 29.1 Å². The van der Waals surface area contributed by atoms with Gasteiger partial charge in [-0.2, -0.15) is 0 Å². The third kappa shape index (κ3) is 2.88. The van der Waals surface area contributed by atoms with Crippen LogP contribution in [0.1, 0.15) is 25.5 Å². The molecular weight excluding hydrogens is 352 g/mol. The minimum absolute atomic E-state index is 0.112. The average Bonchev–Trinajstić information content (AvgIpc) is 2.89. The van der Waals surface area contributed by atoms with E-state index in [9.17, 15) is 9.59 Å². The van der Waals surface area contributed by atoms with Crippen LogP contribution in [0, 0.1) is 6.92 Å². The molecule has 0 bridgehead atoms. The third-order valence-electron chi connectivity index (χ3n) is 3.95. The number of aryl methyl sites for hydroxylation is 1. The smallest absolute Gasteiger partial charge is 0.268 e. The zero-order valence-electron chi connectivity index (χ0n) is 15.1. The second-order valence-electron chi connectivity index (χ2n) is 6.11. The lowest BCUT2D eigenvalue weighted by Crippen LogP contribution is -2.30. The van der Waals surface area contributed by atoms with Gasteiger partial charge in [0, 0.05) is 11.8 Å². The summed E-state index contributed by atoms with van der Waals surface area (Å²) >= 11 is 1.39. The molecule has 0 saturated carbocycles. The maximum absolute atomic E-state index is 12.8. The number of nitrogens with zero attached hydrogens (tertiary/aromatic N) is 6. The van der Waals surface area contributed by atoms with Crippen molar-refractivity contribution < 1.29 is 0 Å². The number of allylic oxidation sites excluding steroid dienone is 1. The Hall–Kier alpha value is -2.68. The molecule has 3 aromatic rings. The average molecular weight is 372 g/mol. The van der Waals surface area contributed by atoms with Crippen LogP contribution in [0.25, 0.3) is 16.9 Å². The van der Waals surface area contributed by atoms with Crippen LogP contribution in [0.5, 0.6) is 0 Å². The van der Waals surface area contributed by atoms with Gasteiger partial charge in [-0.05, 0) is 33.1 Å². The van der Waals surface area contributed by atoms with E-state index in [-0.39, 0.29) is 23.7 Å². The zero-order chi connectivity index (χ0) is 19.0. The standard InChI is InChI=1S/C17H20N6O2S/c1-6-7-21-16(25)12-9-18-17(26-5)19-14(12)23(21)13-8-11(4)15(24)22(20-13)10(2)3/h6,8-10H,1,7H2,2-5H3. The molecule has 0 atom stereocenters. The molecule has 3 heterocycles. The van der Waals surface area contributed by atoms with Crippen LogP contribution in [-0.4, -0.2) is 35.4 Å². The van der Waals surface area contributed by atoms with Gasteiger partial charge in [0.25, 0.3) is 11.1 Å². The minimum Gasteiger partial charge on any atom is -0.268 e. The highest BCUT2D eigenvalue weighted by molar-refractivity contribution is 7.98. The fourth-order valence-electron chi connectivity index (χ4n) is 2.71. The van der Waals surface area contributed by atoms with Crippen LogP contribution in [0.4, 0.5) is 0 Å². The molecule has 0 fully saturated rings. The fourth-order valence-corrected chi connectivity index (χ4v) is 3.04. The second kappa shape index (κ2) is 6.91. The van der Waals surface area contributed by atoms with E-state index in [4.69, 9.17) is 0 Å². The lowest BCUT2D eigenvalue weighted by Gasteiger charge is -2.15. The van der Waals surface area contributed by atoms with E-state index in [2.05, 4.69) is 21.6 Å². The Morgan fingerprint density at radius 2 is 2.04 bits per heavy atom. The van der Waals surface area contributed by atoms with E-state index in [1.165, 1.54) is 27.3 Å². The van der Waals surface area contributed by atoms with Gasteiger partial charge < -0.3 is 0 Å². The Bertz CT molecular complexity index is 1110. The molecule has 26 heavy (non-hydrogen) atoms. The van der Waals surface area contributed by atoms with Crippen molar-refractivity contribution in [3.05, 3.63) is 51.2 Å². The number of rotatable bonds is 5. The van der Waals surface area contributed by atoms with Gasteiger partial charge in [-0.15, -0.1) is 11.7 Å². The Labute approximate surface area is 154 Å². The van der Waals surface area contributed by atoms with Gasteiger partial charge in [-0.3, -0.25) is 9.59 Å². The van der Waals surface area contributed by atoms with E-state index >= 15 is 0 Å². The van der Waals surface area contributed by atoms with Crippen LogP contribution in [0.3, 0.4) is 0 Å². The van der Waals surface area contributed by atoms with Gasteiger partial charge in [0.05, 0.1) is 12.6 Å². The molecule has 0 aliphatic heterocycles. The molecule has 136 valence electrons. The highest BCUT2D eigenvalue weighted by Crippen LogP contribution is 2.17. The van der Waals surface area contributed by atoms with Crippen molar-refractivity contribution in [2.45, 2.75) is 38.5 Å². The monoisotopic (exact) mass is 372 g/mol. The van der Waals surface area contributed by atoms with Gasteiger partial charge in [0.1, 0.15) is 5.39 Å². The molecule has 9 heteroatoms. The van der Waals surface area contributed by atoms with Crippen LogP contribution in [0.2, 0.25) is 0 Å². The summed E-state index contributed by atoms with van der Waals surface area (Å²) in [5.74, 6) is 0.454. The van der Waals surface area contributed by atoms with E-state index in [1.54, 1.807) is 23.7 Å². The van der Waals surface area contributed by atoms with E-state index in [0.29, 0.717) is 27.6 Å². The number of hydrogen-bond acceptors (Lipinski definition) is 6. The maximum Gasteiger partial charge on any atom is 0.278 e. The normalized spacial score (nSPS) is 11.4. The Morgan fingerprint density at radius 3 is 2.65 bits per heavy atom. The number of fused-ring (bicyclic) bond motifs is 1. The van der Waals surface area contributed by atoms with E-state index in [0.717, 1.165) is 0 Å². The molecule has 3 rings (SSSR count). The molecule has 8 nitrogen and oxygen atoms in total. The van der Waals surface area contributed by atoms with Gasteiger partial charge in [-0.1, -0.05) is 17.8 Å². The highest BCUT2D eigenvalue weighted by atomic mass is 32.2. The van der Waals surface area contributed by atoms with Crippen LogP contribution in [0.15, 0.2) is 39.7 Å². The summed E-state index contributed by atoms with van der Waals surface area (Å²) in [6.45, 7) is 9.51. The van der Waals surface area contributed by atoms with Crippen LogP contribution in [-0.2, 0) is 6.54 Å². The number of hydrogen-bond donors (Lipinski definition) is 0. The molecule has 0 aliphatic carbocycles. The molecular formula is C17H20N6O2S. The first-order valence-electron chi connectivity index (χ1n) is 8.13. The quantitative estimate of drug-likeness (QED) is 0.386. The largest absolute Gasteiger partial charge is 0.278 e. The maximum atomic E-state index is 12.8. The van der Waals surface area contributed by atoms with Gasteiger partial charge in [0.2, 0.25) is 0 Å². The molecule has 0 radical (unpaired) electrons. The zero-order valence-corrected chi connectivity index (χ0v) is 15.9. The summed E-state index contributed by atoms with van der Waals surface area (Å²) in [5.41, 5.74) is 0.617. The van der Waals surface area contributed by atoms with Crippen molar-refractivity contribution in [3.63, 3.8) is 0 Å². The van der Waals surface area contributed by atoms with E-state index < -0.39 is 0 Å². The van der Waals surface area contributed by atoms with Crippen molar-refractivity contribution in [2.75, 3.05) is 6.26 Å². The first-order chi connectivity index (χ1) is 12.4. The highest BCUT2D eigenvalue weighted by Gasteiger charge is 2.19. The first kappa shape index (κ1) is 18.1. The first-order valence-corrected chi connectivity index (χ1v) is 9.35. The van der Waals surface area contributed by atoms with Crippen LogP contribution < -0.4 is 11.1 Å². The Kier molecular flexibility index (Phi) is 4.82. The van der Waals surface area contributed by atoms with Crippen molar-refractivity contribution >= 4 is 22.8 Å². The molecule has 0 aromatic carbocycles. The fraction of sp³-hybridized carbons (Fsp3) is 0.353. The molecule has 3 aromatic heterocycles. The van der Waals surface area contributed by atoms with E-state index in [1.807, 2.05) is 20.1 Å². The summed E-state index contributed by atoms with van der Waals surface area (Å²) < 4.78 is 4.54. The summed E-state index contributed by atoms with van der Waals surface area (Å²) in [5, 5.41) is 5.42. The van der Waals surface area contributed by atoms with Crippen molar-refractivity contribution in [2.24, 2.45) is 0 Å². The molecule has 0 N–H and O–H groups in total. The molecule has 0 unspecified atom stereocenters. The topological polar surface area (TPSA) is 87.6 Å². The van der Waals surface area contributed by atoms with Gasteiger partial charge in [-0.25, -0.2) is 24.0 Å². The summed E-state index contributed by atoms with van der Waals surface area (Å²) in [6.07, 6.45) is 5.02.